The highest BCUT2D eigenvalue weighted by Gasteiger charge is 2.58. The minimum atomic E-state index is -1.18. The fourth-order valence-electron chi connectivity index (χ4n) is 3.60. The van der Waals surface area contributed by atoms with E-state index in [1.165, 1.54) is 12.1 Å². The van der Waals surface area contributed by atoms with Crippen molar-refractivity contribution < 1.29 is 23.8 Å². The van der Waals surface area contributed by atoms with Crippen LogP contribution in [0.5, 0.6) is 0 Å². The number of ether oxygens (including phenoxy) is 1. The SMILES string of the molecule is CC1(C)C(NC(=O)c2ccc(C(=O)O)o2)C2CCCOC21. The summed E-state index contributed by atoms with van der Waals surface area (Å²) in [7, 11) is 0. The average Bonchev–Trinajstić information content (AvgIpc) is 2.94. The van der Waals surface area contributed by atoms with Gasteiger partial charge in [0.15, 0.2) is 5.76 Å². The Morgan fingerprint density at radius 3 is 2.71 bits per heavy atom. The molecule has 1 saturated carbocycles. The van der Waals surface area contributed by atoms with Crippen molar-refractivity contribution in [2.75, 3.05) is 6.61 Å². The molecule has 21 heavy (non-hydrogen) atoms. The molecular weight excluding hydrogens is 274 g/mol. The number of nitrogens with one attached hydrogen (secondary N) is 1. The Morgan fingerprint density at radius 2 is 2.05 bits per heavy atom. The standard InChI is InChI=1S/C15H19NO5/c1-15(2)11(8-4-3-7-20-12(8)15)16-13(17)9-5-6-10(21-9)14(18)19/h5-6,8,11-12H,3-4,7H2,1-2H3,(H,16,17)(H,18,19). The highest BCUT2D eigenvalue weighted by molar-refractivity contribution is 5.93. The van der Waals surface area contributed by atoms with Gasteiger partial charge in [-0.25, -0.2) is 4.79 Å². The van der Waals surface area contributed by atoms with Crippen LogP contribution in [-0.2, 0) is 4.74 Å². The third-order valence-corrected chi connectivity index (χ3v) is 4.66. The van der Waals surface area contributed by atoms with Crippen molar-refractivity contribution in [2.45, 2.75) is 38.8 Å². The van der Waals surface area contributed by atoms with E-state index in [2.05, 4.69) is 19.2 Å². The zero-order valence-corrected chi connectivity index (χ0v) is 12.1. The van der Waals surface area contributed by atoms with Crippen LogP contribution in [0.2, 0.25) is 0 Å². The predicted molar refractivity (Wildman–Crippen MR) is 73.2 cm³/mol. The lowest BCUT2D eigenvalue weighted by Crippen LogP contribution is -2.70. The first kappa shape index (κ1) is 14.1. The Balaban J connectivity index is 1.70. The maximum absolute atomic E-state index is 12.2. The number of furan rings is 1. The number of fused-ring (bicyclic) bond motifs is 1. The molecule has 0 bridgehead atoms. The Bertz CT molecular complexity index is 576. The molecule has 2 aliphatic rings. The van der Waals surface area contributed by atoms with Crippen molar-refractivity contribution in [3.63, 3.8) is 0 Å². The summed E-state index contributed by atoms with van der Waals surface area (Å²) in [4.78, 5) is 23.0. The molecule has 1 aromatic rings. The summed E-state index contributed by atoms with van der Waals surface area (Å²) >= 11 is 0. The Morgan fingerprint density at radius 1 is 1.33 bits per heavy atom. The second-order valence-corrected chi connectivity index (χ2v) is 6.34. The number of hydrogen-bond donors (Lipinski definition) is 2. The minimum Gasteiger partial charge on any atom is -0.475 e. The molecule has 1 aliphatic carbocycles. The fourth-order valence-corrected chi connectivity index (χ4v) is 3.60. The summed E-state index contributed by atoms with van der Waals surface area (Å²) in [6, 6.07) is 2.70. The highest BCUT2D eigenvalue weighted by Crippen LogP contribution is 2.51. The molecule has 6 heteroatoms. The van der Waals surface area contributed by atoms with Crippen LogP contribution in [0.25, 0.3) is 0 Å². The smallest absolute Gasteiger partial charge is 0.371 e. The van der Waals surface area contributed by atoms with Crippen LogP contribution in [0, 0.1) is 11.3 Å². The number of rotatable bonds is 3. The lowest BCUT2D eigenvalue weighted by molar-refractivity contribution is -0.189. The lowest BCUT2D eigenvalue weighted by Gasteiger charge is -2.59. The normalized spacial score (nSPS) is 30.1. The van der Waals surface area contributed by atoms with Gasteiger partial charge in [-0.2, -0.15) is 0 Å². The fraction of sp³-hybridized carbons (Fsp3) is 0.600. The van der Waals surface area contributed by atoms with E-state index in [4.69, 9.17) is 14.3 Å². The number of carbonyl (C=O) groups is 2. The number of aromatic carboxylic acids is 1. The molecule has 3 rings (SSSR count). The molecule has 0 spiro atoms. The molecule has 3 unspecified atom stereocenters. The van der Waals surface area contributed by atoms with Crippen molar-refractivity contribution in [2.24, 2.45) is 11.3 Å². The predicted octanol–water partition coefficient (Wildman–Crippen LogP) is 1.91. The van der Waals surface area contributed by atoms with Crippen molar-refractivity contribution >= 4 is 11.9 Å². The first-order valence-electron chi connectivity index (χ1n) is 7.17. The van der Waals surface area contributed by atoms with Crippen LogP contribution >= 0.6 is 0 Å². The molecule has 2 fully saturated rings. The average molecular weight is 293 g/mol. The third-order valence-electron chi connectivity index (χ3n) is 4.66. The quantitative estimate of drug-likeness (QED) is 0.888. The van der Waals surface area contributed by atoms with Gasteiger partial charge in [-0.1, -0.05) is 13.8 Å². The topological polar surface area (TPSA) is 88.8 Å². The van der Waals surface area contributed by atoms with Gasteiger partial charge in [0.2, 0.25) is 5.76 Å². The van der Waals surface area contributed by atoms with Gasteiger partial charge in [0.05, 0.1) is 6.10 Å². The van der Waals surface area contributed by atoms with Gasteiger partial charge < -0.3 is 19.6 Å². The minimum absolute atomic E-state index is 0.0219. The van der Waals surface area contributed by atoms with Gasteiger partial charge >= 0.3 is 5.97 Å². The molecule has 1 amide bonds. The van der Waals surface area contributed by atoms with Crippen LogP contribution in [0.1, 0.15) is 47.8 Å². The highest BCUT2D eigenvalue weighted by atomic mass is 16.5. The molecule has 114 valence electrons. The summed E-state index contributed by atoms with van der Waals surface area (Å²) in [5, 5.41) is 11.8. The van der Waals surface area contributed by atoms with Gasteiger partial charge in [0, 0.05) is 24.0 Å². The Kier molecular flexibility index (Phi) is 3.28. The van der Waals surface area contributed by atoms with Crippen molar-refractivity contribution in [1.82, 2.24) is 5.32 Å². The van der Waals surface area contributed by atoms with Crippen LogP contribution in [-0.4, -0.2) is 35.7 Å². The van der Waals surface area contributed by atoms with E-state index in [0.717, 1.165) is 19.4 Å². The number of carbonyl (C=O) groups excluding carboxylic acids is 1. The zero-order chi connectivity index (χ0) is 15.2. The second kappa shape index (κ2) is 4.87. The number of hydrogen-bond acceptors (Lipinski definition) is 4. The van der Waals surface area contributed by atoms with Crippen molar-refractivity contribution in [3.05, 3.63) is 23.7 Å². The van der Waals surface area contributed by atoms with Crippen LogP contribution in [0.15, 0.2) is 16.5 Å². The van der Waals surface area contributed by atoms with E-state index in [1.807, 2.05) is 0 Å². The Hall–Kier alpha value is -1.82. The lowest BCUT2D eigenvalue weighted by atomic mass is 9.55. The van der Waals surface area contributed by atoms with Gasteiger partial charge in [-0.3, -0.25) is 4.79 Å². The van der Waals surface area contributed by atoms with Crippen molar-refractivity contribution in [1.29, 1.82) is 0 Å². The second-order valence-electron chi connectivity index (χ2n) is 6.34. The van der Waals surface area contributed by atoms with E-state index in [9.17, 15) is 9.59 Å². The monoisotopic (exact) mass is 293 g/mol. The summed E-state index contributed by atoms with van der Waals surface area (Å²) in [5.41, 5.74) is -0.122. The molecule has 6 nitrogen and oxygen atoms in total. The van der Waals surface area contributed by atoms with Crippen LogP contribution in [0.4, 0.5) is 0 Å². The molecule has 1 saturated heterocycles. The number of amides is 1. The van der Waals surface area contributed by atoms with Crippen LogP contribution < -0.4 is 5.32 Å². The molecule has 0 aromatic carbocycles. The maximum Gasteiger partial charge on any atom is 0.371 e. The van der Waals surface area contributed by atoms with E-state index in [-0.39, 0.29) is 35.0 Å². The largest absolute Gasteiger partial charge is 0.475 e. The van der Waals surface area contributed by atoms with Gasteiger partial charge in [-0.15, -0.1) is 0 Å². The number of carboxylic acids is 1. The summed E-state index contributed by atoms with van der Waals surface area (Å²) < 4.78 is 10.8. The molecule has 3 atom stereocenters. The number of carboxylic acid groups (broad SMARTS) is 1. The molecule has 2 N–H and O–H groups in total. The first-order valence-corrected chi connectivity index (χ1v) is 7.17. The first-order chi connectivity index (χ1) is 9.91. The molecule has 0 radical (unpaired) electrons. The third kappa shape index (κ3) is 2.23. The summed E-state index contributed by atoms with van der Waals surface area (Å²) in [6.07, 6.45) is 2.23. The van der Waals surface area contributed by atoms with E-state index < -0.39 is 5.97 Å². The van der Waals surface area contributed by atoms with Crippen molar-refractivity contribution in [3.8, 4) is 0 Å². The molecular formula is C15H19NO5. The zero-order valence-electron chi connectivity index (χ0n) is 12.1. The molecule has 1 aromatic heterocycles. The Labute approximate surface area is 122 Å². The maximum atomic E-state index is 12.2. The van der Waals surface area contributed by atoms with Gasteiger partial charge in [-0.05, 0) is 25.0 Å². The molecule has 1 aliphatic heterocycles. The van der Waals surface area contributed by atoms with Gasteiger partial charge in [0.1, 0.15) is 0 Å². The summed E-state index contributed by atoms with van der Waals surface area (Å²) in [5.74, 6) is -1.43. The van der Waals surface area contributed by atoms with E-state index >= 15 is 0 Å². The molecule has 2 heterocycles. The summed E-state index contributed by atoms with van der Waals surface area (Å²) in [6.45, 7) is 4.94. The van der Waals surface area contributed by atoms with E-state index in [0.29, 0.717) is 5.92 Å². The van der Waals surface area contributed by atoms with Gasteiger partial charge in [0.25, 0.3) is 5.91 Å². The van der Waals surface area contributed by atoms with E-state index in [1.54, 1.807) is 0 Å². The van der Waals surface area contributed by atoms with Crippen LogP contribution in [0.3, 0.4) is 0 Å².